The standard InChI is InChI=1S/C23H18ClN3O6S/c1-3-33-22(30)19-12(2)25-23-26(20(19)14-5-7-15(24)8-6-14)21(29)18(34-23)11-13-4-9-17(28)16(10-13)27(31)32/h4-11,20,28H,3H2,1-2H3/b18-11+/t20-/m0/s1. The number of halogens is 1. The van der Waals surface area contributed by atoms with Crippen LogP contribution in [0.4, 0.5) is 5.69 Å². The summed E-state index contributed by atoms with van der Waals surface area (Å²) >= 11 is 7.13. The Morgan fingerprint density at radius 3 is 2.68 bits per heavy atom. The topological polar surface area (TPSA) is 124 Å². The molecule has 2 aromatic carbocycles. The van der Waals surface area contributed by atoms with Gasteiger partial charge in [0.25, 0.3) is 5.56 Å². The highest BCUT2D eigenvalue weighted by atomic mass is 35.5. The predicted molar refractivity (Wildman–Crippen MR) is 127 cm³/mol. The quantitative estimate of drug-likeness (QED) is 0.327. The molecule has 4 rings (SSSR count). The van der Waals surface area contributed by atoms with Gasteiger partial charge in [-0.1, -0.05) is 41.1 Å². The fourth-order valence-corrected chi connectivity index (χ4v) is 4.85. The molecular formula is C23H18ClN3O6S. The number of hydrogen-bond acceptors (Lipinski definition) is 8. The SMILES string of the molecule is CCOC(=O)C1=C(C)N=c2s/c(=C/c3ccc(O)c([N+](=O)[O-])c3)c(=O)n2[C@H]1c1ccc(Cl)cc1. The molecule has 1 aromatic heterocycles. The highest BCUT2D eigenvalue weighted by molar-refractivity contribution is 7.07. The highest BCUT2D eigenvalue weighted by Crippen LogP contribution is 2.31. The van der Waals surface area contributed by atoms with Crippen molar-refractivity contribution in [2.24, 2.45) is 4.99 Å². The zero-order chi connectivity index (χ0) is 24.6. The number of allylic oxidation sites excluding steroid dienone is 1. The molecule has 11 heteroatoms. The van der Waals surface area contributed by atoms with Gasteiger partial charge >= 0.3 is 11.7 Å². The summed E-state index contributed by atoms with van der Waals surface area (Å²) in [7, 11) is 0. The first-order valence-corrected chi connectivity index (χ1v) is 11.3. The minimum absolute atomic E-state index is 0.160. The maximum atomic E-state index is 13.5. The number of phenols is 1. The molecule has 0 spiro atoms. The molecule has 0 bridgehead atoms. The maximum absolute atomic E-state index is 13.5. The van der Waals surface area contributed by atoms with Gasteiger partial charge in [-0.05, 0) is 49.2 Å². The van der Waals surface area contributed by atoms with Crippen LogP contribution in [-0.2, 0) is 9.53 Å². The van der Waals surface area contributed by atoms with Crippen molar-refractivity contribution in [1.29, 1.82) is 0 Å². The summed E-state index contributed by atoms with van der Waals surface area (Å²) in [4.78, 5) is 41.6. The maximum Gasteiger partial charge on any atom is 0.338 e. The van der Waals surface area contributed by atoms with Gasteiger partial charge in [-0.25, -0.2) is 9.79 Å². The first-order valence-electron chi connectivity index (χ1n) is 10.1. The van der Waals surface area contributed by atoms with Crippen molar-refractivity contribution < 1.29 is 19.6 Å². The van der Waals surface area contributed by atoms with Crippen LogP contribution in [0.15, 0.2) is 63.5 Å². The van der Waals surface area contributed by atoms with E-state index in [1.165, 1.54) is 28.8 Å². The van der Waals surface area contributed by atoms with E-state index < -0.39 is 33.9 Å². The molecule has 0 fully saturated rings. The molecule has 9 nitrogen and oxygen atoms in total. The van der Waals surface area contributed by atoms with Gasteiger partial charge in [0.15, 0.2) is 10.6 Å². The third-order valence-electron chi connectivity index (χ3n) is 5.20. The summed E-state index contributed by atoms with van der Waals surface area (Å²) in [6.45, 7) is 3.53. The van der Waals surface area contributed by atoms with Crippen LogP contribution in [0.1, 0.15) is 31.0 Å². The van der Waals surface area contributed by atoms with Crippen LogP contribution >= 0.6 is 22.9 Å². The second-order valence-electron chi connectivity index (χ2n) is 7.36. The molecule has 1 atom stereocenters. The van der Waals surface area contributed by atoms with E-state index in [1.807, 2.05) is 0 Å². The van der Waals surface area contributed by atoms with E-state index in [-0.39, 0.29) is 16.7 Å². The molecule has 0 amide bonds. The third kappa shape index (κ3) is 4.25. The molecule has 0 saturated heterocycles. The minimum atomic E-state index is -0.788. The summed E-state index contributed by atoms with van der Waals surface area (Å²) < 4.78 is 6.91. The fourth-order valence-electron chi connectivity index (χ4n) is 3.68. The van der Waals surface area contributed by atoms with Crippen LogP contribution in [-0.4, -0.2) is 27.2 Å². The van der Waals surface area contributed by atoms with Crippen LogP contribution < -0.4 is 14.9 Å². The Balaban J connectivity index is 1.94. The number of carbonyl (C=O) groups excluding carboxylic acids is 1. The van der Waals surface area contributed by atoms with E-state index in [1.54, 1.807) is 38.1 Å². The number of benzene rings is 2. The van der Waals surface area contributed by atoms with Crippen molar-refractivity contribution in [2.75, 3.05) is 6.61 Å². The third-order valence-corrected chi connectivity index (χ3v) is 6.43. The van der Waals surface area contributed by atoms with Crippen molar-refractivity contribution >= 4 is 40.7 Å². The Labute approximate surface area is 201 Å². The Bertz CT molecular complexity index is 1520. The molecule has 0 aliphatic carbocycles. The molecule has 34 heavy (non-hydrogen) atoms. The van der Waals surface area contributed by atoms with E-state index in [4.69, 9.17) is 16.3 Å². The number of thiazole rings is 1. The number of nitrogens with zero attached hydrogens (tertiary/aromatic N) is 3. The number of rotatable bonds is 5. The Kier molecular flexibility index (Phi) is 6.36. The summed E-state index contributed by atoms with van der Waals surface area (Å²) in [6.07, 6.45) is 1.48. The molecule has 1 N–H and O–H groups in total. The summed E-state index contributed by atoms with van der Waals surface area (Å²) in [6, 6.07) is 9.84. The molecule has 3 aromatic rings. The number of aromatic hydroxyl groups is 1. The zero-order valence-corrected chi connectivity index (χ0v) is 19.6. The minimum Gasteiger partial charge on any atom is -0.502 e. The van der Waals surface area contributed by atoms with Crippen molar-refractivity contribution in [3.05, 3.63) is 99.7 Å². The Morgan fingerprint density at radius 2 is 2.03 bits per heavy atom. The summed E-state index contributed by atoms with van der Waals surface area (Å²) in [5.74, 6) is -1.05. The van der Waals surface area contributed by atoms with Gasteiger partial charge in [0, 0.05) is 11.1 Å². The van der Waals surface area contributed by atoms with Gasteiger partial charge < -0.3 is 9.84 Å². The van der Waals surface area contributed by atoms with Crippen molar-refractivity contribution in [1.82, 2.24) is 4.57 Å². The van der Waals surface area contributed by atoms with Crippen LogP contribution in [0, 0.1) is 10.1 Å². The van der Waals surface area contributed by atoms with Gasteiger partial charge in [-0.15, -0.1) is 0 Å². The smallest absolute Gasteiger partial charge is 0.338 e. The molecule has 174 valence electrons. The molecule has 0 unspecified atom stereocenters. The van der Waals surface area contributed by atoms with Gasteiger partial charge in [0.2, 0.25) is 0 Å². The number of esters is 1. The predicted octanol–water partition coefficient (Wildman–Crippen LogP) is 3.07. The lowest BCUT2D eigenvalue weighted by Gasteiger charge is -2.24. The number of phenolic OH excluding ortho intramolecular Hbond substituents is 1. The summed E-state index contributed by atoms with van der Waals surface area (Å²) in [5, 5.41) is 21.4. The number of carbonyl (C=O) groups is 1. The second kappa shape index (κ2) is 9.24. The fraction of sp³-hybridized carbons (Fsp3) is 0.174. The highest BCUT2D eigenvalue weighted by Gasteiger charge is 2.33. The van der Waals surface area contributed by atoms with Crippen molar-refractivity contribution in [2.45, 2.75) is 19.9 Å². The van der Waals surface area contributed by atoms with E-state index in [2.05, 4.69) is 4.99 Å². The number of ether oxygens (including phenoxy) is 1. The lowest BCUT2D eigenvalue weighted by atomic mass is 9.96. The van der Waals surface area contributed by atoms with Gasteiger partial charge in [0.1, 0.15) is 0 Å². The summed E-state index contributed by atoms with van der Waals surface area (Å²) in [5.41, 5.74) is 0.776. The Hall–Kier alpha value is -3.76. The van der Waals surface area contributed by atoms with E-state index >= 15 is 0 Å². The van der Waals surface area contributed by atoms with E-state index in [9.17, 15) is 24.8 Å². The lowest BCUT2D eigenvalue weighted by Crippen LogP contribution is -2.39. The normalized spacial score (nSPS) is 15.6. The van der Waals surface area contributed by atoms with Crippen LogP contribution in [0.25, 0.3) is 6.08 Å². The average molecular weight is 500 g/mol. The van der Waals surface area contributed by atoms with Crippen LogP contribution in [0.2, 0.25) is 5.02 Å². The molecular weight excluding hydrogens is 482 g/mol. The zero-order valence-electron chi connectivity index (χ0n) is 18.0. The van der Waals surface area contributed by atoms with E-state index in [0.717, 1.165) is 11.3 Å². The first kappa shape index (κ1) is 23.4. The van der Waals surface area contributed by atoms with Crippen LogP contribution in [0.3, 0.4) is 0 Å². The van der Waals surface area contributed by atoms with Crippen molar-refractivity contribution in [3.8, 4) is 5.75 Å². The van der Waals surface area contributed by atoms with Crippen molar-refractivity contribution in [3.63, 3.8) is 0 Å². The molecule has 0 saturated carbocycles. The Morgan fingerprint density at radius 1 is 1.32 bits per heavy atom. The van der Waals surface area contributed by atoms with Gasteiger partial charge in [0.05, 0.1) is 33.4 Å². The molecule has 0 radical (unpaired) electrons. The molecule has 2 heterocycles. The van der Waals surface area contributed by atoms with Crippen LogP contribution in [0.5, 0.6) is 5.75 Å². The number of aromatic nitrogens is 1. The lowest BCUT2D eigenvalue weighted by molar-refractivity contribution is -0.385. The van der Waals surface area contributed by atoms with E-state index in [0.29, 0.717) is 26.6 Å². The monoisotopic (exact) mass is 499 g/mol. The number of nitro benzene ring substituents is 1. The second-order valence-corrected chi connectivity index (χ2v) is 8.80. The average Bonchev–Trinajstić information content (AvgIpc) is 3.09. The number of hydrogen-bond donors (Lipinski definition) is 1. The molecule has 1 aliphatic heterocycles. The molecule has 1 aliphatic rings. The number of fused-ring (bicyclic) bond motifs is 1. The van der Waals surface area contributed by atoms with Gasteiger partial charge in [-0.3, -0.25) is 19.5 Å². The van der Waals surface area contributed by atoms with Gasteiger partial charge in [-0.2, -0.15) is 0 Å². The largest absolute Gasteiger partial charge is 0.502 e. The first-order chi connectivity index (χ1) is 16.2. The number of nitro groups is 1.